The summed E-state index contributed by atoms with van der Waals surface area (Å²) in [5.41, 5.74) is 15.6. The molecule has 0 spiro atoms. The summed E-state index contributed by atoms with van der Waals surface area (Å²) < 4.78 is 1.80. The molecule has 41 heavy (non-hydrogen) atoms. The van der Waals surface area contributed by atoms with E-state index < -0.39 is 0 Å². The van der Waals surface area contributed by atoms with Crippen LogP contribution in [-0.4, -0.2) is 35.6 Å². The fourth-order valence-corrected chi connectivity index (χ4v) is 5.50. The number of carbonyl (C=O) groups excluding carboxylic acids is 1. The number of H-pyrrole nitrogens is 1. The number of aromatic nitrogens is 6. The van der Waals surface area contributed by atoms with Crippen LogP contribution in [-0.2, 0) is 13.6 Å². The first-order chi connectivity index (χ1) is 19.9. The second-order valence-corrected chi connectivity index (χ2v) is 10.2. The van der Waals surface area contributed by atoms with Crippen LogP contribution in [0.1, 0.15) is 27.2 Å². The van der Waals surface area contributed by atoms with Crippen molar-refractivity contribution in [3.63, 3.8) is 0 Å². The summed E-state index contributed by atoms with van der Waals surface area (Å²) in [6.07, 6.45) is 7.09. The Balaban J connectivity index is 1.27. The van der Waals surface area contributed by atoms with Crippen molar-refractivity contribution < 1.29 is 4.79 Å². The van der Waals surface area contributed by atoms with Gasteiger partial charge in [0.05, 0.1) is 35.3 Å². The Morgan fingerprint density at radius 3 is 2.63 bits per heavy atom. The smallest absolute Gasteiger partial charge is 0.259 e. The van der Waals surface area contributed by atoms with Gasteiger partial charge in [-0.2, -0.15) is 5.10 Å². The number of carbonyl (C=O) groups is 1. The summed E-state index contributed by atoms with van der Waals surface area (Å²) >= 11 is 0. The van der Waals surface area contributed by atoms with Crippen LogP contribution in [0.15, 0.2) is 73.3 Å². The van der Waals surface area contributed by atoms with E-state index >= 15 is 0 Å². The first-order valence-corrected chi connectivity index (χ1v) is 13.2. The number of amides is 1. The van der Waals surface area contributed by atoms with E-state index in [0.29, 0.717) is 29.6 Å². The Hall–Kier alpha value is -5.51. The van der Waals surface area contributed by atoms with Gasteiger partial charge in [-0.3, -0.25) is 14.5 Å². The molecule has 0 unspecified atom stereocenters. The molecule has 0 atom stereocenters. The molecule has 0 radical (unpaired) electrons. The summed E-state index contributed by atoms with van der Waals surface area (Å²) in [5.74, 6) is 1.09. The summed E-state index contributed by atoms with van der Waals surface area (Å²) in [5, 5.41) is 8.62. The van der Waals surface area contributed by atoms with Gasteiger partial charge in [0.2, 0.25) is 5.95 Å². The lowest BCUT2D eigenvalue weighted by atomic mass is 9.97. The molecule has 4 aromatic heterocycles. The highest BCUT2D eigenvalue weighted by Gasteiger charge is 2.32. The number of hydrogen-bond donors (Lipinski definition) is 3. The van der Waals surface area contributed by atoms with Gasteiger partial charge in [-0.1, -0.05) is 24.3 Å². The van der Waals surface area contributed by atoms with Gasteiger partial charge >= 0.3 is 0 Å². The standard InChI is InChI=1S/C31H27N9O/c1-17-13-35-31(36-27-12-18(2)39(3)38-27)37-28(17)23-14-34-29-21(23)7-5-9-26(29)40-16-24-19(6-4-8-22(24)30(40)41)20-10-11-33-15-25(20)32/h4-15,34H,16,32H2,1-3H3,(H,35,36,37,38). The van der Waals surface area contributed by atoms with Crippen molar-refractivity contribution in [2.75, 3.05) is 16.0 Å². The molecule has 6 aromatic rings. The molecule has 0 bridgehead atoms. The van der Waals surface area contributed by atoms with Crippen molar-refractivity contribution in [2.45, 2.75) is 20.4 Å². The summed E-state index contributed by atoms with van der Waals surface area (Å²) in [6.45, 7) is 4.41. The summed E-state index contributed by atoms with van der Waals surface area (Å²) in [7, 11) is 1.89. The molecule has 4 N–H and O–H groups in total. The van der Waals surface area contributed by atoms with Gasteiger partial charge in [-0.05, 0) is 48.7 Å². The molecule has 1 aliphatic rings. The lowest BCUT2D eigenvalue weighted by Gasteiger charge is -2.17. The van der Waals surface area contributed by atoms with E-state index in [1.807, 2.05) is 80.5 Å². The number of benzene rings is 2. The number of para-hydroxylation sites is 1. The number of rotatable bonds is 5. The fourth-order valence-electron chi connectivity index (χ4n) is 5.50. The molecule has 0 fully saturated rings. The van der Waals surface area contributed by atoms with E-state index in [-0.39, 0.29) is 5.91 Å². The second-order valence-electron chi connectivity index (χ2n) is 10.2. The van der Waals surface area contributed by atoms with Crippen LogP contribution in [0.25, 0.3) is 33.3 Å². The second kappa shape index (κ2) is 9.30. The number of pyridine rings is 1. The number of nitrogens with zero attached hydrogens (tertiary/aromatic N) is 6. The highest BCUT2D eigenvalue weighted by molar-refractivity contribution is 6.15. The fraction of sp³-hybridized carbons (Fsp3) is 0.129. The maximum Gasteiger partial charge on any atom is 0.259 e. The van der Waals surface area contributed by atoms with Gasteiger partial charge in [-0.15, -0.1) is 0 Å². The van der Waals surface area contributed by atoms with Crippen LogP contribution >= 0.6 is 0 Å². The predicted molar refractivity (Wildman–Crippen MR) is 160 cm³/mol. The molecular formula is C31H27N9O. The Morgan fingerprint density at radius 2 is 1.83 bits per heavy atom. The molecule has 2 aromatic carbocycles. The third kappa shape index (κ3) is 3.99. The van der Waals surface area contributed by atoms with Crippen molar-refractivity contribution in [2.24, 2.45) is 7.05 Å². The van der Waals surface area contributed by atoms with Crippen molar-refractivity contribution in [3.8, 4) is 22.4 Å². The molecule has 5 heterocycles. The number of nitrogens with two attached hydrogens (primary N) is 1. The SMILES string of the molecule is Cc1cnc(Nc2cc(C)n(C)n2)nc1-c1c[nH]c2c(N3Cc4c(cccc4-c4ccncc4N)C3=O)cccc12. The molecule has 10 nitrogen and oxygen atoms in total. The van der Waals surface area contributed by atoms with Gasteiger partial charge in [0, 0.05) is 59.5 Å². The highest BCUT2D eigenvalue weighted by Crippen LogP contribution is 2.40. The van der Waals surface area contributed by atoms with Crippen LogP contribution in [0.4, 0.5) is 23.1 Å². The zero-order valence-electron chi connectivity index (χ0n) is 22.8. The Bertz CT molecular complexity index is 1970. The average molecular weight is 542 g/mol. The van der Waals surface area contributed by atoms with Gasteiger partial charge in [0.25, 0.3) is 5.91 Å². The lowest BCUT2D eigenvalue weighted by Crippen LogP contribution is -2.23. The normalized spacial score (nSPS) is 12.8. The van der Waals surface area contributed by atoms with Crippen LogP contribution in [0.5, 0.6) is 0 Å². The first-order valence-electron chi connectivity index (χ1n) is 13.2. The molecule has 10 heteroatoms. The Labute approximate surface area is 235 Å². The molecule has 0 aliphatic carbocycles. The van der Waals surface area contributed by atoms with Gasteiger partial charge in [0.1, 0.15) is 0 Å². The van der Waals surface area contributed by atoms with Crippen molar-refractivity contribution >= 4 is 40.0 Å². The molecule has 1 amide bonds. The monoisotopic (exact) mass is 541 g/mol. The number of aromatic amines is 1. The third-order valence-corrected chi connectivity index (χ3v) is 7.67. The zero-order chi connectivity index (χ0) is 28.2. The van der Waals surface area contributed by atoms with Crippen LogP contribution in [0.3, 0.4) is 0 Å². The number of fused-ring (bicyclic) bond motifs is 2. The minimum Gasteiger partial charge on any atom is -0.397 e. The van der Waals surface area contributed by atoms with Crippen LogP contribution < -0.4 is 16.0 Å². The van der Waals surface area contributed by atoms with Crippen molar-refractivity contribution in [1.82, 2.24) is 29.7 Å². The first kappa shape index (κ1) is 24.5. The van der Waals surface area contributed by atoms with Crippen LogP contribution in [0.2, 0.25) is 0 Å². The van der Waals surface area contributed by atoms with E-state index in [4.69, 9.17) is 10.7 Å². The number of aryl methyl sites for hydroxylation is 3. The van der Waals surface area contributed by atoms with E-state index in [1.54, 1.807) is 23.3 Å². The summed E-state index contributed by atoms with van der Waals surface area (Å²) in [6, 6.07) is 15.6. The Kier molecular flexibility index (Phi) is 5.56. The van der Waals surface area contributed by atoms with E-state index in [2.05, 4.69) is 25.4 Å². The topological polar surface area (TPSA) is 131 Å². The summed E-state index contributed by atoms with van der Waals surface area (Å²) in [4.78, 5) is 32.4. The zero-order valence-corrected chi connectivity index (χ0v) is 22.8. The minimum absolute atomic E-state index is 0.0477. The number of nitrogen functional groups attached to an aromatic ring is 1. The third-order valence-electron chi connectivity index (χ3n) is 7.67. The van der Waals surface area contributed by atoms with E-state index in [1.165, 1.54) is 0 Å². The molecule has 0 saturated carbocycles. The van der Waals surface area contributed by atoms with Gasteiger partial charge in [-0.25, -0.2) is 9.97 Å². The molecule has 7 rings (SSSR count). The van der Waals surface area contributed by atoms with Gasteiger partial charge < -0.3 is 20.9 Å². The molecular weight excluding hydrogens is 514 g/mol. The minimum atomic E-state index is -0.0477. The van der Waals surface area contributed by atoms with Gasteiger partial charge in [0.15, 0.2) is 5.82 Å². The number of nitrogens with one attached hydrogen (secondary N) is 2. The number of hydrogen-bond acceptors (Lipinski definition) is 7. The molecule has 1 aliphatic heterocycles. The quantitative estimate of drug-likeness (QED) is 0.262. The lowest BCUT2D eigenvalue weighted by molar-refractivity contribution is 0.0997. The van der Waals surface area contributed by atoms with E-state index in [0.717, 1.165) is 55.8 Å². The predicted octanol–water partition coefficient (Wildman–Crippen LogP) is 5.52. The Morgan fingerprint density at radius 1 is 1.00 bits per heavy atom. The number of anilines is 4. The highest BCUT2D eigenvalue weighted by atomic mass is 16.2. The largest absolute Gasteiger partial charge is 0.397 e. The average Bonchev–Trinajstić information content (AvgIpc) is 3.65. The maximum atomic E-state index is 13.7. The van der Waals surface area contributed by atoms with Crippen molar-refractivity contribution in [3.05, 3.63) is 95.7 Å². The van der Waals surface area contributed by atoms with Crippen molar-refractivity contribution in [1.29, 1.82) is 0 Å². The molecule has 202 valence electrons. The maximum absolute atomic E-state index is 13.7. The van der Waals surface area contributed by atoms with Crippen LogP contribution in [0, 0.1) is 13.8 Å². The van der Waals surface area contributed by atoms with E-state index in [9.17, 15) is 4.79 Å². The molecule has 0 saturated heterocycles.